The third-order valence-corrected chi connectivity index (χ3v) is 9.21. The fourth-order valence-corrected chi connectivity index (χ4v) is 7.17. The first kappa shape index (κ1) is 26.6. The molecule has 6 unspecified atom stereocenters. The van der Waals surface area contributed by atoms with Gasteiger partial charge in [0.25, 0.3) is 0 Å². The molecule has 40 heavy (non-hydrogen) atoms. The van der Waals surface area contributed by atoms with Gasteiger partial charge >= 0.3 is 5.97 Å². The van der Waals surface area contributed by atoms with Gasteiger partial charge < -0.3 is 24.3 Å². The molecule has 0 aromatic heterocycles. The van der Waals surface area contributed by atoms with Gasteiger partial charge in [-0.1, -0.05) is 61.0 Å². The van der Waals surface area contributed by atoms with Crippen LogP contribution in [-0.2, 0) is 14.3 Å². The molecule has 3 aliphatic rings. The zero-order valence-electron chi connectivity index (χ0n) is 22.7. The molecule has 1 saturated heterocycles. The molecule has 1 aliphatic carbocycles. The monoisotopic (exact) mass is 563 g/mol. The minimum Gasteiger partial charge on any atom is -0.496 e. The summed E-state index contributed by atoms with van der Waals surface area (Å²) in [4.78, 5) is 41.7. The Kier molecular flexibility index (Phi) is 6.50. The maximum Gasteiger partial charge on any atom is 0.322 e. The van der Waals surface area contributed by atoms with Gasteiger partial charge in [-0.25, -0.2) is 0 Å². The first-order chi connectivity index (χ1) is 19.2. The van der Waals surface area contributed by atoms with E-state index in [0.717, 1.165) is 16.3 Å². The Labute approximate surface area is 236 Å². The van der Waals surface area contributed by atoms with Gasteiger partial charge in [0, 0.05) is 23.9 Å². The lowest BCUT2D eigenvalue weighted by molar-refractivity contribution is -0.152. The molecule has 3 aromatic rings. The van der Waals surface area contributed by atoms with Gasteiger partial charge in [0.2, 0.25) is 11.4 Å². The van der Waals surface area contributed by atoms with Crippen LogP contribution in [0.1, 0.15) is 41.6 Å². The van der Waals surface area contributed by atoms with Crippen LogP contribution in [-0.4, -0.2) is 56.5 Å². The first-order valence-electron chi connectivity index (χ1n) is 13.3. The normalized spacial score (nSPS) is 29.1. The smallest absolute Gasteiger partial charge is 0.322 e. The highest BCUT2D eigenvalue weighted by Crippen LogP contribution is 2.56. The molecule has 2 aliphatic heterocycles. The summed E-state index contributed by atoms with van der Waals surface area (Å²) in [5, 5.41) is 5.58. The average molecular weight is 564 g/mol. The van der Waals surface area contributed by atoms with Gasteiger partial charge in [-0.15, -0.1) is 0 Å². The van der Waals surface area contributed by atoms with Crippen LogP contribution in [0.3, 0.4) is 0 Å². The van der Waals surface area contributed by atoms with Gasteiger partial charge in [-0.3, -0.25) is 14.4 Å². The topological polar surface area (TPSA) is 100 Å². The molecule has 6 rings (SSSR count). The predicted molar refractivity (Wildman–Crippen MR) is 149 cm³/mol. The van der Waals surface area contributed by atoms with E-state index in [-0.39, 0.29) is 51.5 Å². The van der Waals surface area contributed by atoms with Crippen molar-refractivity contribution in [1.29, 1.82) is 0 Å². The number of carbonyl (C=O) groups is 3. The van der Waals surface area contributed by atoms with Crippen LogP contribution in [0, 0.1) is 11.8 Å². The molecule has 1 saturated carbocycles. The van der Waals surface area contributed by atoms with E-state index in [9.17, 15) is 14.4 Å². The number of nitrogens with one attached hydrogen (secondary N) is 1. The van der Waals surface area contributed by atoms with E-state index < -0.39 is 29.3 Å². The summed E-state index contributed by atoms with van der Waals surface area (Å²) in [6.45, 7) is 1.82. The third-order valence-electron chi connectivity index (χ3n) is 8.85. The lowest BCUT2D eigenvalue weighted by atomic mass is 9.59. The second-order valence-corrected chi connectivity index (χ2v) is 11.2. The van der Waals surface area contributed by atoms with Gasteiger partial charge in [0.05, 0.1) is 21.3 Å². The molecule has 8 nitrogen and oxygen atoms in total. The van der Waals surface area contributed by atoms with Crippen LogP contribution in [0.5, 0.6) is 17.2 Å². The van der Waals surface area contributed by atoms with E-state index in [1.54, 1.807) is 0 Å². The maximum atomic E-state index is 14.7. The quantitative estimate of drug-likeness (QED) is 0.359. The summed E-state index contributed by atoms with van der Waals surface area (Å²) in [5.41, 5.74) is -0.713. The highest BCUT2D eigenvalue weighted by molar-refractivity contribution is 6.36. The van der Waals surface area contributed by atoms with Crippen molar-refractivity contribution in [1.82, 2.24) is 5.32 Å². The Hall–Kier alpha value is -3.62. The standard InChI is InChI=1S/C31H30ClNO7/c1-15-11-20-24(28(34)31(15)29(35)25-22(37-2)14-23(38-3)26(32)27(25)40-31)19(13-21(33-20)30(36)39-4)18-10-9-16-7-5-6-8-17(16)12-18/h5-10,12,14-15,19-21,24,33H,11,13H2,1-4H3. The Morgan fingerprint density at radius 2 is 1.73 bits per heavy atom. The van der Waals surface area contributed by atoms with E-state index in [2.05, 4.69) is 11.4 Å². The number of fused-ring (bicyclic) bond motifs is 3. The van der Waals surface area contributed by atoms with Crippen molar-refractivity contribution in [2.45, 2.75) is 43.4 Å². The number of hydrogen-bond acceptors (Lipinski definition) is 8. The van der Waals surface area contributed by atoms with Crippen molar-refractivity contribution >= 4 is 39.9 Å². The van der Waals surface area contributed by atoms with Crippen LogP contribution in [0.2, 0.25) is 5.02 Å². The molecule has 6 atom stereocenters. The number of ketones is 2. The van der Waals surface area contributed by atoms with Crippen LogP contribution < -0.4 is 19.5 Å². The molecule has 1 spiro atoms. The molecule has 2 heterocycles. The molecule has 3 aromatic carbocycles. The minimum absolute atomic E-state index is 0.0972. The summed E-state index contributed by atoms with van der Waals surface area (Å²) >= 11 is 6.60. The van der Waals surface area contributed by atoms with Crippen molar-refractivity contribution < 1.29 is 33.3 Å². The third kappa shape index (κ3) is 3.73. The fraction of sp³-hybridized carbons (Fsp3) is 0.387. The molecular formula is C31H30ClNO7. The lowest BCUT2D eigenvalue weighted by Gasteiger charge is -2.50. The maximum absolute atomic E-state index is 14.7. The molecule has 1 N–H and O–H groups in total. The fourth-order valence-electron chi connectivity index (χ4n) is 6.90. The van der Waals surface area contributed by atoms with E-state index >= 15 is 0 Å². The van der Waals surface area contributed by atoms with Crippen LogP contribution in [0.15, 0.2) is 48.5 Å². The Morgan fingerprint density at radius 1 is 1.00 bits per heavy atom. The summed E-state index contributed by atoms with van der Waals surface area (Å²) in [7, 11) is 4.26. The Bertz CT molecular complexity index is 1550. The first-order valence-corrected chi connectivity index (χ1v) is 13.7. The predicted octanol–water partition coefficient (Wildman–Crippen LogP) is 4.74. The van der Waals surface area contributed by atoms with Crippen LogP contribution >= 0.6 is 11.6 Å². The van der Waals surface area contributed by atoms with Crippen molar-refractivity contribution in [3.05, 3.63) is 64.7 Å². The van der Waals surface area contributed by atoms with E-state index in [4.69, 9.17) is 30.5 Å². The number of Topliss-reactive ketones (excluding diaryl/α,β-unsaturated/α-hetero) is 2. The van der Waals surface area contributed by atoms with Gasteiger partial charge in [0.1, 0.15) is 28.1 Å². The number of methoxy groups -OCH3 is 3. The van der Waals surface area contributed by atoms with Gasteiger partial charge in [0.15, 0.2) is 11.5 Å². The summed E-state index contributed by atoms with van der Waals surface area (Å²) < 4.78 is 22.3. The number of ether oxygens (including phenoxy) is 4. The number of esters is 1. The molecule has 0 bridgehead atoms. The minimum atomic E-state index is -1.78. The molecule has 0 radical (unpaired) electrons. The van der Waals surface area contributed by atoms with Crippen LogP contribution in [0.25, 0.3) is 10.8 Å². The molecule has 208 valence electrons. The van der Waals surface area contributed by atoms with E-state index in [0.29, 0.717) is 12.8 Å². The van der Waals surface area contributed by atoms with Gasteiger partial charge in [-0.2, -0.15) is 0 Å². The van der Waals surface area contributed by atoms with Crippen molar-refractivity contribution in [2.24, 2.45) is 11.8 Å². The highest BCUT2D eigenvalue weighted by atomic mass is 35.5. The van der Waals surface area contributed by atoms with E-state index in [1.807, 2.05) is 43.3 Å². The van der Waals surface area contributed by atoms with E-state index in [1.165, 1.54) is 27.4 Å². The molecule has 0 amide bonds. The second kappa shape index (κ2) is 9.78. The Balaban J connectivity index is 1.47. The van der Waals surface area contributed by atoms with Crippen LogP contribution in [0.4, 0.5) is 0 Å². The molecule has 9 heteroatoms. The highest BCUT2D eigenvalue weighted by Gasteiger charge is 2.66. The zero-order chi connectivity index (χ0) is 28.3. The SMILES string of the molecule is COC(=O)C1CC(c2ccc3ccccc3c2)C2C(=O)C3(Oc4c(Cl)c(OC)cc(OC)c4C3=O)C(C)CC2N1. The second-order valence-electron chi connectivity index (χ2n) is 10.8. The van der Waals surface area contributed by atoms with Crippen molar-refractivity contribution in [2.75, 3.05) is 21.3 Å². The molecular weight excluding hydrogens is 534 g/mol. The number of piperidine rings is 1. The number of benzene rings is 3. The Morgan fingerprint density at radius 3 is 2.42 bits per heavy atom. The van der Waals surface area contributed by atoms with Crippen molar-refractivity contribution in [3.8, 4) is 17.2 Å². The number of halogens is 1. The number of hydrogen-bond donors (Lipinski definition) is 1. The number of rotatable bonds is 4. The van der Waals surface area contributed by atoms with Crippen molar-refractivity contribution in [3.63, 3.8) is 0 Å². The summed E-state index contributed by atoms with van der Waals surface area (Å²) in [6.07, 6.45) is 0.756. The lowest BCUT2D eigenvalue weighted by Crippen LogP contribution is -2.68. The van der Waals surface area contributed by atoms with Gasteiger partial charge in [-0.05, 0) is 35.1 Å². The summed E-state index contributed by atoms with van der Waals surface area (Å²) in [5.74, 6) is -2.07. The largest absolute Gasteiger partial charge is 0.496 e. The summed E-state index contributed by atoms with van der Waals surface area (Å²) in [6, 6.07) is 14.6. The average Bonchev–Trinajstić information content (AvgIpc) is 3.29. The zero-order valence-corrected chi connectivity index (χ0v) is 23.4. The molecule has 2 fully saturated rings. The number of carbonyl (C=O) groups excluding carboxylic acids is 3.